The summed E-state index contributed by atoms with van der Waals surface area (Å²) in [5.41, 5.74) is 0. The number of ether oxygens (including phenoxy) is 3. The van der Waals surface area contributed by atoms with Gasteiger partial charge in [-0.1, -0.05) is 0 Å². The van der Waals surface area contributed by atoms with Gasteiger partial charge in [-0.3, -0.25) is 0 Å². The first-order valence-corrected chi connectivity index (χ1v) is 5.21. The topological polar surface area (TPSA) is 54.0 Å². The smallest absolute Gasteiger partial charge is 0.122 e. The van der Waals surface area contributed by atoms with Crippen LogP contribution in [0, 0.1) is 0 Å². The number of aldehydes is 1. The van der Waals surface area contributed by atoms with Gasteiger partial charge in [0, 0.05) is 6.42 Å². The zero-order chi connectivity index (χ0) is 11.2. The molecule has 0 saturated heterocycles. The minimum absolute atomic E-state index is 0.437. The Labute approximate surface area is 95.6 Å². The van der Waals surface area contributed by atoms with Crippen LogP contribution >= 0.6 is 12.9 Å². The highest BCUT2D eigenvalue weighted by Crippen LogP contribution is 1.84. The fraction of sp³-hybridized carbons (Fsp3) is 0.889. The number of rotatable bonds is 12. The van der Waals surface area contributed by atoms with Crippen LogP contribution in [0.5, 0.6) is 0 Å². The molecule has 0 radical (unpaired) electrons. The van der Waals surface area contributed by atoms with Gasteiger partial charge in [-0.2, -0.15) is 0 Å². The highest BCUT2D eigenvalue weighted by molar-refractivity contribution is 7.75. The quantitative estimate of drug-likeness (QED) is 0.232. The molecule has 0 saturated carbocycles. The second-order valence-electron chi connectivity index (χ2n) is 2.63. The number of carbonyl (C=O) groups is 1. The minimum Gasteiger partial charge on any atom is -0.379 e. The van der Waals surface area contributed by atoms with E-state index in [4.69, 9.17) is 14.2 Å². The summed E-state index contributed by atoms with van der Waals surface area (Å²) in [7, 11) is 0. The minimum atomic E-state index is 0.437. The lowest BCUT2D eigenvalue weighted by atomic mass is 10.5. The lowest BCUT2D eigenvalue weighted by Gasteiger charge is -2.05. The normalized spacial score (nSPS) is 10.5. The zero-order valence-electron chi connectivity index (χ0n) is 8.72. The predicted octanol–water partition coefficient (Wildman–Crippen LogP) is 0.487. The van der Waals surface area contributed by atoms with E-state index in [9.17, 15) is 4.79 Å². The molecule has 5 nitrogen and oxygen atoms in total. The second-order valence-corrected chi connectivity index (χ2v) is 2.88. The molecule has 0 N–H and O–H groups in total. The van der Waals surface area contributed by atoms with Crippen LogP contribution in [0.1, 0.15) is 6.42 Å². The summed E-state index contributed by atoms with van der Waals surface area (Å²) in [4.78, 5) is 9.92. The maximum Gasteiger partial charge on any atom is 0.122 e. The highest BCUT2D eigenvalue weighted by atomic mass is 32.1. The van der Waals surface area contributed by atoms with E-state index in [0.29, 0.717) is 52.7 Å². The lowest BCUT2D eigenvalue weighted by Crippen LogP contribution is -2.11. The highest BCUT2D eigenvalue weighted by Gasteiger charge is 1.91. The van der Waals surface area contributed by atoms with E-state index < -0.39 is 0 Å². The van der Waals surface area contributed by atoms with Crippen LogP contribution in [0.2, 0.25) is 0 Å². The number of hydrogen-bond donors (Lipinski definition) is 1. The molecule has 0 aromatic heterocycles. The van der Waals surface area contributed by atoms with Crippen LogP contribution in [0.15, 0.2) is 0 Å². The van der Waals surface area contributed by atoms with Crippen LogP contribution in [0.3, 0.4) is 0 Å². The molecule has 0 aliphatic heterocycles. The molecule has 0 aromatic rings. The van der Waals surface area contributed by atoms with Crippen LogP contribution in [0.25, 0.3) is 0 Å². The van der Waals surface area contributed by atoms with E-state index in [2.05, 4.69) is 17.1 Å². The van der Waals surface area contributed by atoms with Gasteiger partial charge >= 0.3 is 0 Å². The molecule has 0 aliphatic carbocycles. The van der Waals surface area contributed by atoms with Crippen molar-refractivity contribution in [3.63, 3.8) is 0 Å². The Bertz CT molecular complexity index is 134. The van der Waals surface area contributed by atoms with Crippen LogP contribution in [-0.4, -0.2) is 52.5 Å². The van der Waals surface area contributed by atoms with Gasteiger partial charge in [-0.25, -0.2) is 0 Å². The third kappa shape index (κ3) is 13.9. The Hall–Kier alpha value is -0.140. The van der Waals surface area contributed by atoms with Gasteiger partial charge < -0.3 is 23.2 Å². The molecule has 0 atom stereocenters. The van der Waals surface area contributed by atoms with Gasteiger partial charge in [0.15, 0.2) is 0 Å². The molecule has 0 bridgehead atoms. The Balaban J connectivity index is 2.83. The summed E-state index contributed by atoms with van der Waals surface area (Å²) < 4.78 is 19.9. The molecule has 0 rings (SSSR count). The van der Waals surface area contributed by atoms with Crippen molar-refractivity contribution in [2.75, 3.05) is 46.2 Å². The molecule has 15 heavy (non-hydrogen) atoms. The Kier molecular flexibility index (Phi) is 13.7. The molecular formula is C9H18O5S. The molecule has 6 heteroatoms. The first-order chi connectivity index (χ1) is 7.41. The molecular weight excluding hydrogens is 220 g/mol. The fourth-order valence-electron chi connectivity index (χ4n) is 0.770. The summed E-state index contributed by atoms with van der Waals surface area (Å²) >= 11 is 3.57. The maximum absolute atomic E-state index is 9.92. The van der Waals surface area contributed by atoms with Gasteiger partial charge in [0.2, 0.25) is 0 Å². The summed E-state index contributed by atoms with van der Waals surface area (Å²) in [6.45, 7) is 3.54. The summed E-state index contributed by atoms with van der Waals surface area (Å²) in [5, 5.41) is 0. The molecule has 0 fully saturated rings. The number of carbonyl (C=O) groups excluding carboxylic acids is 1. The molecule has 0 amide bonds. The zero-order valence-corrected chi connectivity index (χ0v) is 9.62. The standard InChI is InChI=1S/C9H18O5S/c10-2-1-3-11-4-5-12-6-7-13-8-9-14-15/h2,15H,1,3-9H2. The Morgan fingerprint density at radius 1 is 0.800 bits per heavy atom. The molecule has 0 aromatic carbocycles. The monoisotopic (exact) mass is 238 g/mol. The molecule has 0 unspecified atom stereocenters. The molecule has 0 heterocycles. The fourth-order valence-corrected chi connectivity index (χ4v) is 0.844. The SMILES string of the molecule is O=CCCOCCOCCOCCOS. The van der Waals surface area contributed by atoms with E-state index >= 15 is 0 Å². The average molecular weight is 238 g/mol. The van der Waals surface area contributed by atoms with Gasteiger partial charge in [0.1, 0.15) is 6.29 Å². The van der Waals surface area contributed by atoms with Crippen molar-refractivity contribution in [3.05, 3.63) is 0 Å². The van der Waals surface area contributed by atoms with Crippen LogP contribution in [0.4, 0.5) is 0 Å². The van der Waals surface area contributed by atoms with Crippen molar-refractivity contribution in [1.82, 2.24) is 0 Å². The Morgan fingerprint density at radius 3 is 1.73 bits per heavy atom. The summed E-state index contributed by atoms with van der Waals surface area (Å²) in [6.07, 6.45) is 1.27. The van der Waals surface area contributed by atoms with Crippen molar-refractivity contribution < 1.29 is 23.2 Å². The average Bonchev–Trinajstić information content (AvgIpc) is 2.26. The van der Waals surface area contributed by atoms with Crippen molar-refractivity contribution in [2.45, 2.75) is 6.42 Å². The van der Waals surface area contributed by atoms with E-state index in [0.717, 1.165) is 6.29 Å². The van der Waals surface area contributed by atoms with Crippen molar-refractivity contribution in [2.24, 2.45) is 0 Å². The molecule has 0 aliphatic rings. The number of hydrogen-bond acceptors (Lipinski definition) is 6. The largest absolute Gasteiger partial charge is 0.379 e. The summed E-state index contributed by atoms with van der Waals surface area (Å²) in [5.74, 6) is 0. The summed E-state index contributed by atoms with van der Waals surface area (Å²) in [6, 6.07) is 0. The van der Waals surface area contributed by atoms with Crippen molar-refractivity contribution >= 4 is 19.2 Å². The van der Waals surface area contributed by atoms with Gasteiger partial charge in [-0.15, -0.1) is 0 Å². The second kappa shape index (κ2) is 13.9. The first-order valence-electron chi connectivity index (χ1n) is 4.85. The number of thiol groups is 1. The van der Waals surface area contributed by atoms with E-state index in [1.165, 1.54) is 0 Å². The van der Waals surface area contributed by atoms with Crippen molar-refractivity contribution in [1.29, 1.82) is 0 Å². The Morgan fingerprint density at radius 2 is 1.27 bits per heavy atom. The van der Waals surface area contributed by atoms with E-state index in [-0.39, 0.29) is 0 Å². The molecule has 90 valence electrons. The van der Waals surface area contributed by atoms with Crippen LogP contribution in [-0.2, 0) is 23.2 Å². The molecule has 0 spiro atoms. The first kappa shape index (κ1) is 14.9. The van der Waals surface area contributed by atoms with E-state index in [1.54, 1.807) is 0 Å². The third-order valence-corrected chi connectivity index (χ3v) is 1.63. The van der Waals surface area contributed by atoms with Gasteiger partial charge in [0.25, 0.3) is 0 Å². The third-order valence-electron chi connectivity index (χ3n) is 1.44. The van der Waals surface area contributed by atoms with Crippen LogP contribution < -0.4 is 0 Å². The van der Waals surface area contributed by atoms with Crippen molar-refractivity contribution in [3.8, 4) is 0 Å². The maximum atomic E-state index is 9.92. The lowest BCUT2D eigenvalue weighted by molar-refractivity contribution is -0.108. The van der Waals surface area contributed by atoms with Gasteiger partial charge in [0.05, 0.1) is 46.2 Å². The van der Waals surface area contributed by atoms with Gasteiger partial charge in [-0.05, 0) is 12.9 Å². The van der Waals surface area contributed by atoms with E-state index in [1.807, 2.05) is 0 Å². The predicted molar refractivity (Wildman–Crippen MR) is 58.1 cm³/mol.